The van der Waals surface area contributed by atoms with Crippen molar-refractivity contribution >= 4 is 17.8 Å². The maximum absolute atomic E-state index is 11.1. The second-order valence-corrected chi connectivity index (χ2v) is 3.35. The van der Waals surface area contributed by atoms with Crippen LogP contribution in [0, 0.1) is 0 Å². The first-order chi connectivity index (χ1) is 7.54. The Morgan fingerprint density at radius 1 is 1.44 bits per heavy atom. The van der Waals surface area contributed by atoms with Gasteiger partial charge in [-0.25, -0.2) is 4.79 Å². The molecule has 0 atom stereocenters. The molecule has 4 nitrogen and oxygen atoms in total. The Bertz CT molecular complexity index is 450. The molecule has 1 aromatic rings. The monoisotopic (exact) mass is 219 g/mol. The highest BCUT2D eigenvalue weighted by molar-refractivity contribution is 5.94. The molecule has 1 rings (SSSR count). The fraction of sp³-hybridized carbons (Fsp3) is 0.167. The van der Waals surface area contributed by atoms with Crippen LogP contribution in [0.1, 0.15) is 28.4 Å². The van der Waals surface area contributed by atoms with E-state index in [9.17, 15) is 9.59 Å². The third kappa shape index (κ3) is 3.03. The lowest BCUT2D eigenvalue weighted by Crippen LogP contribution is -2.02. The highest BCUT2D eigenvalue weighted by Crippen LogP contribution is 2.14. The predicted octanol–water partition coefficient (Wildman–Crippen LogP) is 1.45. The van der Waals surface area contributed by atoms with Gasteiger partial charge in [0, 0.05) is 18.2 Å². The lowest BCUT2D eigenvalue weighted by molar-refractivity contribution is -0.131. The number of benzene rings is 1. The summed E-state index contributed by atoms with van der Waals surface area (Å²) in [6.45, 7) is 1.74. The number of carboxylic acids is 1. The minimum absolute atomic E-state index is 0.0385. The normalized spacial score (nSPS) is 10.6. The van der Waals surface area contributed by atoms with E-state index in [1.807, 2.05) is 0 Å². The number of rotatable bonds is 4. The standard InChI is InChI=1S/C12H13NO3/c1-8(14)10-3-2-9(4-5-12(15)16)11(6-10)7-13/h2-6H,7,13H2,1H3,(H,15,16). The van der Waals surface area contributed by atoms with Crippen LogP contribution < -0.4 is 5.73 Å². The minimum Gasteiger partial charge on any atom is -0.478 e. The molecule has 0 saturated carbocycles. The average Bonchev–Trinajstić information content (AvgIpc) is 2.25. The maximum atomic E-state index is 11.1. The van der Waals surface area contributed by atoms with E-state index in [1.165, 1.54) is 13.0 Å². The highest BCUT2D eigenvalue weighted by Gasteiger charge is 2.03. The Morgan fingerprint density at radius 2 is 2.12 bits per heavy atom. The van der Waals surface area contributed by atoms with Crippen LogP contribution in [0.5, 0.6) is 0 Å². The summed E-state index contributed by atoms with van der Waals surface area (Å²) in [5.74, 6) is -1.05. The molecule has 0 fully saturated rings. The van der Waals surface area contributed by atoms with Gasteiger partial charge < -0.3 is 10.8 Å². The van der Waals surface area contributed by atoms with Crippen molar-refractivity contribution in [3.63, 3.8) is 0 Å². The van der Waals surface area contributed by atoms with Gasteiger partial charge in [0.25, 0.3) is 0 Å². The summed E-state index contributed by atoms with van der Waals surface area (Å²) >= 11 is 0. The third-order valence-electron chi connectivity index (χ3n) is 2.17. The number of Topliss-reactive ketones (excluding diaryl/α,β-unsaturated/α-hetero) is 1. The van der Waals surface area contributed by atoms with Crippen LogP contribution in [0.25, 0.3) is 6.08 Å². The summed E-state index contributed by atoms with van der Waals surface area (Å²) in [5.41, 5.74) is 7.58. The molecule has 0 aliphatic rings. The second kappa shape index (κ2) is 5.23. The van der Waals surface area contributed by atoms with Crippen LogP contribution in [0.3, 0.4) is 0 Å². The van der Waals surface area contributed by atoms with E-state index in [0.29, 0.717) is 5.56 Å². The van der Waals surface area contributed by atoms with Gasteiger partial charge in [-0.05, 0) is 30.2 Å². The summed E-state index contributed by atoms with van der Waals surface area (Å²) in [6, 6.07) is 5.03. The number of ketones is 1. The Morgan fingerprint density at radius 3 is 2.62 bits per heavy atom. The van der Waals surface area contributed by atoms with Crippen LogP contribution >= 0.6 is 0 Å². The number of nitrogens with two attached hydrogens (primary N) is 1. The SMILES string of the molecule is CC(=O)c1ccc(C=CC(=O)O)c(CN)c1. The van der Waals surface area contributed by atoms with Crippen LogP contribution in [0.4, 0.5) is 0 Å². The lowest BCUT2D eigenvalue weighted by Gasteiger charge is -2.05. The van der Waals surface area contributed by atoms with Gasteiger partial charge >= 0.3 is 5.97 Å². The Kier molecular flexibility index (Phi) is 3.96. The van der Waals surface area contributed by atoms with Gasteiger partial charge in [-0.1, -0.05) is 12.1 Å². The molecule has 3 N–H and O–H groups in total. The Labute approximate surface area is 93.4 Å². The molecule has 16 heavy (non-hydrogen) atoms. The lowest BCUT2D eigenvalue weighted by atomic mass is 10.0. The van der Waals surface area contributed by atoms with Crippen LogP contribution in [-0.4, -0.2) is 16.9 Å². The Balaban J connectivity index is 3.11. The number of aliphatic carboxylic acids is 1. The predicted molar refractivity (Wildman–Crippen MR) is 61.0 cm³/mol. The van der Waals surface area contributed by atoms with E-state index in [-0.39, 0.29) is 12.3 Å². The van der Waals surface area contributed by atoms with Gasteiger partial charge in [-0.2, -0.15) is 0 Å². The Hall–Kier alpha value is -1.94. The van der Waals surface area contributed by atoms with Crippen LogP contribution in [-0.2, 0) is 11.3 Å². The molecule has 0 aliphatic heterocycles. The van der Waals surface area contributed by atoms with Crippen molar-refractivity contribution in [3.8, 4) is 0 Å². The van der Waals surface area contributed by atoms with E-state index < -0.39 is 5.97 Å². The molecule has 0 saturated heterocycles. The van der Waals surface area contributed by atoms with Crippen molar-refractivity contribution in [2.75, 3.05) is 0 Å². The zero-order valence-electron chi connectivity index (χ0n) is 8.93. The molecular formula is C12H13NO3. The van der Waals surface area contributed by atoms with Crippen molar-refractivity contribution in [1.29, 1.82) is 0 Å². The zero-order chi connectivity index (χ0) is 12.1. The smallest absolute Gasteiger partial charge is 0.328 e. The molecule has 0 bridgehead atoms. The number of carbonyl (C=O) groups excluding carboxylic acids is 1. The summed E-state index contributed by atoms with van der Waals surface area (Å²) in [4.78, 5) is 21.5. The first-order valence-electron chi connectivity index (χ1n) is 4.79. The first-order valence-corrected chi connectivity index (χ1v) is 4.79. The van der Waals surface area contributed by atoms with E-state index in [2.05, 4.69) is 0 Å². The molecule has 0 heterocycles. The van der Waals surface area contributed by atoms with Crippen molar-refractivity contribution < 1.29 is 14.7 Å². The van der Waals surface area contributed by atoms with Gasteiger partial charge in [0.05, 0.1) is 0 Å². The molecule has 0 unspecified atom stereocenters. The quantitative estimate of drug-likeness (QED) is 0.593. The second-order valence-electron chi connectivity index (χ2n) is 3.35. The van der Waals surface area contributed by atoms with E-state index >= 15 is 0 Å². The van der Waals surface area contributed by atoms with Crippen molar-refractivity contribution in [2.45, 2.75) is 13.5 Å². The van der Waals surface area contributed by atoms with Gasteiger partial charge in [-0.3, -0.25) is 4.79 Å². The number of hydrogen-bond acceptors (Lipinski definition) is 3. The van der Waals surface area contributed by atoms with Gasteiger partial charge in [0.1, 0.15) is 0 Å². The minimum atomic E-state index is -1.02. The maximum Gasteiger partial charge on any atom is 0.328 e. The zero-order valence-corrected chi connectivity index (χ0v) is 8.93. The number of carbonyl (C=O) groups is 2. The molecule has 0 aromatic heterocycles. The summed E-state index contributed by atoms with van der Waals surface area (Å²) in [7, 11) is 0. The van der Waals surface area contributed by atoms with E-state index in [4.69, 9.17) is 10.8 Å². The molecular weight excluding hydrogens is 206 g/mol. The molecule has 84 valence electrons. The number of hydrogen-bond donors (Lipinski definition) is 2. The topological polar surface area (TPSA) is 80.4 Å². The molecule has 0 aliphatic carbocycles. The molecule has 4 heteroatoms. The summed E-state index contributed by atoms with van der Waals surface area (Å²) in [6.07, 6.45) is 2.51. The fourth-order valence-corrected chi connectivity index (χ4v) is 1.33. The largest absolute Gasteiger partial charge is 0.478 e. The highest BCUT2D eigenvalue weighted by atomic mass is 16.4. The van der Waals surface area contributed by atoms with Crippen LogP contribution in [0.2, 0.25) is 0 Å². The van der Waals surface area contributed by atoms with Gasteiger partial charge in [-0.15, -0.1) is 0 Å². The summed E-state index contributed by atoms with van der Waals surface area (Å²) in [5, 5.41) is 8.51. The third-order valence-corrected chi connectivity index (χ3v) is 2.17. The fourth-order valence-electron chi connectivity index (χ4n) is 1.33. The first kappa shape index (κ1) is 12.1. The van der Waals surface area contributed by atoms with Crippen molar-refractivity contribution in [2.24, 2.45) is 5.73 Å². The number of carboxylic acid groups (broad SMARTS) is 1. The van der Waals surface area contributed by atoms with E-state index in [1.54, 1.807) is 18.2 Å². The average molecular weight is 219 g/mol. The van der Waals surface area contributed by atoms with E-state index in [0.717, 1.165) is 17.2 Å². The van der Waals surface area contributed by atoms with Gasteiger partial charge in [0.15, 0.2) is 5.78 Å². The molecule has 0 amide bonds. The molecule has 1 aromatic carbocycles. The molecule has 0 radical (unpaired) electrons. The molecule has 0 spiro atoms. The summed E-state index contributed by atoms with van der Waals surface area (Å²) < 4.78 is 0. The van der Waals surface area contributed by atoms with Crippen LogP contribution in [0.15, 0.2) is 24.3 Å². The van der Waals surface area contributed by atoms with Crippen molar-refractivity contribution in [3.05, 3.63) is 41.0 Å². The van der Waals surface area contributed by atoms with Gasteiger partial charge in [0.2, 0.25) is 0 Å². The van der Waals surface area contributed by atoms with Crippen molar-refractivity contribution in [1.82, 2.24) is 0 Å².